The molecule has 0 aromatic heterocycles. The summed E-state index contributed by atoms with van der Waals surface area (Å²) in [4.78, 5) is 39.9. The highest BCUT2D eigenvalue weighted by Crippen LogP contribution is 2.30. The van der Waals surface area contributed by atoms with E-state index in [1.165, 1.54) is 4.90 Å². The molecule has 1 N–H and O–H groups in total. The van der Waals surface area contributed by atoms with Crippen molar-refractivity contribution in [3.05, 3.63) is 58.1 Å². The third kappa shape index (κ3) is 3.77. The molecule has 1 saturated heterocycles. The fourth-order valence-corrected chi connectivity index (χ4v) is 3.19. The highest BCUT2D eigenvalue weighted by atomic mass is 35.5. The molecule has 3 rings (SSSR count). The summed E-state index contributed by atoms with van der Waals surface area (Å²) in [7, 11) is 0. The summed E-state index contributed by atoms with van der Waals surface area (Å²) in [5, 5.41) is 3.07. The van der Waals surface area contributed by atoms with Gasteiger partial charge in [-0.2, -0.15) is 0 Å². The number of carbonyl (C=O) groups is 3. The Hall–Kier alpha value is -2.57. The van der Waals surface area contributed by atoms with Gasteiger partial charge in [-0.25, -0.2) is 4.79 Å². The lowest BCUT2D eigenvalue weighted by Gasteiger charge is -2.19. The zero-order chi connectivity index (χ0) is 19.7. The van der Waals surface area contributed by atoms with Crippen LogP contribution in [0.2, 0.25) is 10.0 Å². The average molecular weight is 406 g/mol. The standard InChI is InChI=1S/C19H17Cl2N3O3/c1-11-6-8-13(9-7-11)24-12(2)18(26)23(19(24)27)10-16(25)22-15-5-3-4-14(20)17(15)21/h3-9,12H,10H2,1-2H3,(H,22,25)/t12-/m0/s1. The fourth-order valence-electron chi connectivity index (χ4n) is 2.84. The molecule has 2 aromatic carbocycles. The third-order valence-electron chi connectivity index (χ3n) is 4.29. The van der Waals surface area contributed by atoms with Crippen LogP contribution in [0.1, 0.15) is 12.5 Å². The molecule has 0 bridgehead atoms. The lowest BCUT2D eigenvalue weighted by atomic mass is 10.2. The summed E-state index contributed by atoms with van der Waals surface area (Å²) in [6, 6.07) is 10.8. The van der Waals surface area contributed by atoms with Crippen LogP contribution in [-0.4, -0.2) is 35.3 Å². The predicted octanol–water partition coefficient (Wildman–Crippen LogP) is 4.10. The van der Waals surface area contributed by atoms with Gasteiger partial charge in [0, 0.05) is 5.69 Å². The van der Waals surface area contributed by atoms with Crippen LogP contribution in [0, 0.1) is 6.92 Å². The van der Waals surface area contributed by atoms with Crippen LogP contribution in [0.5, 0.6) is 0 Å². The molecular formula is C19H17Cl2N3O3. The maximum absolute atomic E-state index is 12.7. The number of anilines is 2. The first-order valence-corrected chi connectivity index (χ1v) is 9.00. The summed E-state index contributed by atoms with van der Waals surface area (Å²) in [5.41, 5.74) is 1.96. The summed E-state index contributed by atoms with van der Waals surface area (Å²) in [6.07, 6.45) is 0. The van der Waals surface area contributed by atoms with E-state index < -0.39 is 30.4 Å². The van der Waals surface area contributed by atoms with Crippen molar-refractivity contribution < 1.29 is 14.4 Å². The molecule has 1 aliphatic heterocycles. The summed E-state index contributed by atoms with van der Waals surface area (Å²) < 4.78 is 0. The number of hydrogen-bond acceptors (Lipinski definition) is 3. The lowest BCUT2D eigenvalue weighted by molar-refractivity contribution is -0.130. The van der Waals surface area contributed by atoms with Gasteiger partial charge in [-0.3, -0.25) is 19.4 Å². The van der Waals surface area contributed by atoms with Crippen molar-refractivity contribution in [2.24, 2.45) is 0 Å². The number of aryl methyl sites for hydroxylation is 1. The van der Waals surface area contributed by atoms with Gasteiger partial charge >= 0.3 is 6.03 Å². The summed E-state index contributed by atoms with van der Waals surface area (Å²) in [6.45, 7) is 3.15. The smallest absolute Gasteiger partial charge is 0.323 e. The molecule has 6 nitrogen and oxygen atoms in total. The molecular weight excluding hydrogens is 389 g/mol. The Balaban J connectivity index is 1.75. The van der Waals surface area contributed by atoms with Crippen molar-refractivity contribution in [1.29, 1.82) is 0 Å². The Labute approximate surface area is 166 Å². The fraction of sp³-hybridized carbons (Fsp3) is 0.211. The second-order valence-corrected chi connectivity index (χ2v) is 7.02. The monoisotopic (exact) mass is 405 g/mol. The molecule has 140 valence electrons. The Bertz CT molecular complexity index is 915. The summed E-state index contributed by atoms with van der Waals surface area (Å²) in [5.74, 6) is -0.980. The number of nitrogens with one attached hydrogen (secondary N) is 1. The SMILES string of the molecule is Cc1ccc(N2C(=O)N(CC(=O)Nc3cccc(Cl)c3Cl)C(=O)[C@@H]2C)cc1. The van der Waals surface area contributed by atoms with E-state index in [9.17, 15) is 14.4 Å². The highest BCUT2D eigenvalue weighted by molar-refractivity contribution is 6.44. The van der Waals surface area contributed by atoms with Crippen LogP contribution in [0.3, 0.4) is 0 Å². The van der Waals surface area contributed by atoms with Gasteiger partial charge in [0.1, 0.15) is 12.6 Å². The normalized spacial score (nSPS) is 16.8. The number of hydrogen-bond donors (Lipinski definition) is 1. The van der Waals surface area contributed by atoms with Crippen LogP contribution in [0.4, 0.5) is 16.2 Å². The molecule has 2 aromatic rings. The van der Waals surface area contributed by atoms with Crippen LogP contribution in [-0.2, 0) is 9.59 Å². The molecule has 0 aliphatic carbocycles. The number of rotatable bonds is 4. The number of amides is 4. The van der Waals surface area contributed by atoms with Gasteiger partial charge in [0.25, 0.3) is 5.91 Å². The Morgan fingerprint density at radius 3 is 2.44 bits per heavy atom. The third-order valence-corrected chi connectivity index (χ3v) is 5.11. The van der Waals surface area contributed by atoms with Gasteiger partial charge in [0.2, 0.25) is 5.91 Å². The van der Waals surface area contributed by atoms with Crippen LogP contribution >= 0.6 is 23.2 Å². The molecule has 1 aliphatic rings. The van der Waals surface area contributed by atoms with E-state index in [0.29, 0.717) is 16.4 Å². The van der Waals surface area contributed by atoms with E-state index in [4.69, 9.17) is 23.2 Å². The molecule has 1 atom stereocenters. The Kier molecular flexibility index (Phi) is 5.39. The van der Waals surface area contributed by atoms with Gasteiger partial charge in [-0.15, -0.1) is 0 Å². The van der Waals surface area contributed by atoms with Crippen LogP contribution in [0.15, 0.2) is 42.5 Å². The number of urea groups is 1. The minimum absolute atomic E-state index is 0.196. The number of imide groups is 1. The molecule has 27 heavy (non-hydrogen) atoms. The molecule has 0 saturated carbocycles. The van der Waals surface area contributed by atoms with E-state index >= 15 is 0 Å². The molecule has 0 unspecified atom stereocenters. The van der Waals surface area contributed by atoms with E-state index in [-0.39, 0.29) is 5.02 Å². The van der Waals surface area contributed by atoms with E-state index in [1.54, 1.807) is 37.3 Å². The molecule has 1 heterocycles. The van der Waals surface area contributed by atoms with Gasteiger partial charge in [0.05, 0.1) is 15.7 Å². The van der Waals surface area contributed by atoms with Crippen molar-refractivity contribution in [2.75, 3.05) is 16.8 Å². The van der Waals surface area contributed by atoms with Gasteiger partial charge in [0.15, 0.2) is 0 Å². The van der Waals surface area contributed by atoms with Crippen molar-refractivity contribution in [3.8, 4) is 0 Å². The quantitative estimate of drug-likeness (QED) is 0.778. The highest BCUT2D eigenvalue weighted by Gasteiger charge is 2.44. The molecule has 1 fully saturated rings. The molecule has 8 heteroatoms. The summed E-state index contributed by atoms with van der Waals surface area (Å²) >= 11 is 12.0. The first kappa shape index (κ1) is 19.2. The molecule has 0 radical (unpaired) electrons. The maximum Gasteiger partial charge on any atom is 0.332 e. The zero-order valence-electron chi connectivity index (χ0n) is 14.7. The lowest BCUT2D eigenvalue weighted by Crippen LogP contribution is -2.39. The van der Waals surface area contributed by atoms with Gasteiger partial charge < -0.3 is 5.32 Å². The molecule has 0 spiro atoms. The average Bonchev–Trinajstić information content (AvgIpc) is 2.83. The zero-order valence-corrected chi connectivity index (χ0v) is 16.2. The van der Waals surface area contributed by atoms with Crippen molar-refractivity contribution in [1.82, 2.24) is 4.90 Å². The molecule has 4 amide bonds. The second kappa shape index (κ2) is 7.58. The number of halogens is 2. The number of carbonyl (C=O) groups excluding carboxylic acids is 3. The minimum Gasteiger partial charge on any atom is -0.323 e. The van der Waals surface area contributed by atoms with E-state index in [1.807, 2.05) is 19.1 Å². The van der Waals surface area contributed by atoms with Gasteiger partial charge in [-0.05, 0) is 38.1 Å². The minimum atomic E-state index is -0.692. The number of nitrogens with zero attached hydrogens (tertiary/aromatic N) is 2. The second-order valence-electron chi connectivity index (χ2n) is 6.24. The van der Waals surface area contributed by atoms with Crippen LogP contribution in [0.25, 0.3) is 0 Å². The Morgan fingerprint density at radius 2 is 1.78 bits per heavy atom. The van der Waals surface area contributed by atoms with Gasteiger partial charge in [-0.1, -0.05) is 47.0 Å². The Morgan fingerprint density at radius 1 is 1.11 bits per heavy atom. The topological polar surface area (TPSA) is 69.7 Å². The van der Waals surface area contributed by atoms with Crippen molar-refractivity contribution in [2.45, 2.75) is 19.9 Å². The largest absolute Gasteiger partial charge is 0.332 e. The van der Waals surface area contributed by atoms with Crippen LogP contribution < -0.4 is 10.2 Å². The van der Waals surface area contributed by atoms with E-state index in [2.05, 4.69) is 5.32 Å². The first-order chi connectivity index (χ1) is 12.8. The predicted molar refractivity (Wildman–Crippen MR) is 105 cm³/mol. The van der Waals surface area contributed by atoms with E-state index in [0.717, 1.165) is 10.5 Å². The number of benzene rings is 2. The first-order valence-electron chi connectivity index (χ1n) is 8.24. The van der Waals surface area contributed by atoms with Crippen molar-refractivity contribution in [3.63, 3.8) is 0 Å². The van der Waals surface area contributed by atoms with Crippen molar-refractivity contribution >= 4 is 52.4 Å². The maximum atomic E-state index is 12.7.